The lowest BCUT2D eigenvalue weighted by molar-refractivity contribution is -0.393. The highest BCUT2D eigenvalue weighted by Gasteiger charge is 2.24. The molecule has 1 rings (SSSR count). The predicted molar refractivity (Wildman–Crippen MR) is 54.4 cm³/mol. The van der Waals surface area contributed by atoms with Crippen LogP contribution >= 0.6 is 0 Å². The zero-order valence-corrected chi connectivity index (χ0v) is 8.14. The van der Waals surface area contributed by atoms with Gasteiger partial charge in [0.1, 0.15) is 5.69 Å². The van der Waals surface area contributed by atoms with E-state index in [-0.39, 0.29) is 5.01 Å². The lowest BCUT2D eigenvalue weighted by atomic mass is 10.2. The van der Waals surface area contributed by atoms with Crippen molar-refractivity contribution in [3.8, 4) is 0 Å². The molecule has 0 aliphatic heterocycles. The van der Waals surface area contributed by atoms with Crippen LogP contribution in [0.3, 0.4) is 0 Å². The van der Waals surface area contributed by atoms with Crippen LogP contribution in [0.1, 0.15) is 0 Å². The van der Waals surface area contributed by atoms with Crippen molar-refractivity contribution in [1.29, 1.82) is 0 Å². The molecule has 0 aromatic heterocycles. The molecule has 1 amide bonds. The fraction of sp³-hybridized carbons (Fsp3) is 0. The van der Waals surface area contributed by atoms with E-state index in [1.807, 2.05) is 0 Å². The first-order valence-electron chi connectivity index (χ1n) is 4.05. The average Bonchev–Trinajstić information content (AvgIpc) is 2.26. The molecule has 0 saturated heterocycles. The van der Waals surface area contributed by atoms with Crippen LogP contribution in [0, 0.1) is 20.2 Å². The topological polar surface area (TPSA) is 153 Å². The Balaban J connectivity index is 3.37. The summed E-state index contributed by atoms with van der Waals surface area (Å²) in [4.78, 5) is 29.8. The third-order valence-corrected chi connectivity index (χ3v) is 1.83. The molecule has 10 heteroatoms. The second kappa shape index (κ2) is 4.40. The Morgan fingerprint density at radius 2 is 1.88 bits per heavy atom. The van der Waals surface area contributed by atoms with Crippen LogP contribution in [0.4, 0.5) is 21.9 Å². The summed E-state index contributed by atoms with van der Waals surface area (Å²) in [5, 5.41) is 29.7. The Morgan fingerprint density at radius 3 is 2.29 bits per heavy atom. The molecular formula is C7H6N4O6. The fourth-order valence-electron chi connectivity index (χ4n) is 1.08. The van der Waals surface area contributed by atoms with Gasteiger partial charge < -0.3 is 5.11 Å². The van der Waals surface area contributed by atoms with Crippen molar-refractivity contribution < 1.29 is 19.7 Å². The third-order valence-electron chi connectivity index (χ3n) is 1.83. The molecule has 0 fully saturated rings. The second-order valence-electron chi connectivity index (χ2n) is 2.84. The maximum Gasteiger partial charge on any atom is 0.426 e. The molecule has 0 radical (unpaired) electrons. The number of anilines is 1. The highest BCUT2D eigenvalue weighted by Crippen LogP contribution is 2.30. The average molecular weight is 242 g/mol. The molecule has 0 atom stereocenters. The summed E-state index contributed by atoms with van der Waals surface area (Å²) in [5.74, 6) is 5.06. The minimum absolute atomic E-state index is 0.113. The quantitative estimate of drug-likeness (QED) is 0.344. The summed E-state index contributed by atoms with van der Waals surface area (Å²) in [6.07, 6.45) is -1.62. The molecule has 0 saturated carbocycles. The monoisotopic (exact) mass is 242 g/mol. The number of hydrogen-bond acceptors (Lipinski definition) is 6. The van der Waals surface area contributed by atoms with Crippen LogP contribution in [0.2, 0.25) is 0 Å². The van der Waals surface area contributed by atoms with Gasteiger partial charge in [-0.2, -0.15) is 0 Å². The van der Waals surface area contributed by atoms with E-state index < -0.39 is 33.0 Å². The van der Waals surface area contributed by atoms with E-state index in [1.54, 1.807) is 0 Å². The normalized spacial score (nSPS) is 9.71. The van der Waals surface area contributed by atoms with Gasteiger partial charge in [0.15, 0.2) is 0 Å². The van der Waals surface area contributed by atoms with Gasteiger partial charge in [0.25, 0.3) is 5.69 Å². The smallest absolute Gasteiger partial charge is 0.426 e. The Morgan fingerprint density at radius 1 is 1.29 bits per heavy atom. The number of nitro groups is 2. The number of amides is 1. The number of non-ortho nitro benzene ring substituents is 1. The molecule has 1 aromatic rings. The number of hydrogen-bond donors (Lipinski definition) is 2. The lowest BCUT2D eigenvalue weighted by Gasteiger charge is -2.11. The first kappa shape index (κ1) is 12.3. The van der Waals surface area contributed by atoms with Crippen molar-refractivity contribution in [2.45, 2.75) is 0 Å². The number of rotatable bonds is 3. The highest BCUT2D eigenvalue weighted by molar-refractivity contribution is 5.88. The molecule has 0 aliphatic carbocycles. The van der Waals surface area contributed by atoms with Crippen molar-refractivity contribution in [3.63, 3.8) is 0 Å². The molecule has 0 unspecified atom stereocenters. The summed E-state index contributed by atoms with van der Waals surface area (Å²) < 4.78 is 0. The van der Waals surface area contributed by atoms with E-state index in [0.29, 0.717) is 6.07 Å². The molecular weight excluding hydrogens is 236 g/mol. The summed E-state index contributed by atoms with van der Waals surface area (Å²) in [7, 11) is 0. The summed E-state index contributed by atoms with van der Waals surface area (Å²) >= 11 is 0. The van der Waals surface area contributed by atoms with Crippen LogP contribution in [0.25, 0.3) is 0 Å². The number of nitro benzene ring substituents is 2. The molecule has 1 aromatic carbocycles. The van der Waals surface area contributed by atoms with Gasteiger partial charge in [0.2, 0.25) is 0 Å². The minimum Gasteiger partial charge on any atom is -0.464 e. The molecule has 0 spiro atoms. The SMILES string of the molecule is NN(C(=O)O)c1ccc([N+](=O)[O-])cc1[N+](=O)[O-]. The van der Waals surface area contributed by atoms with E-state index in [0.717, 1.165) is 12.1 Å². The first-order chi connectivity index (χ1) is 7.84. The van der Waals surface area contributed by atoms with E-state index in [1.165, 1.54) is 0 Å². The molecule has 90 valence electrons. The van der Waals surface area contributed by atoms with Crippen molar-refractivity contribution in [2.75, 3.05) is 5.01 Å². The van der Waals surface area contributed by atoms with Crippen molar-refractivity contribution >= 4 is 23.2 Å². The van der Waals surface area contributed by atoms with Crippen LogP contribution in [0.15, 0.2) is 18.2 Å². The molecule has 3 N–H and O–H groups in total. The molecule has 17 heavy (non-hydrogen) atoms. The molecule has 0 bridgehead atoms. The van der Waals surface area contributed by atoms with Crippen LogP contribution in [0.5, 0.6) is 0 Å². The molecule has 10 nitrogen and oxygen atoms in total. The number of hydrazine groups is 1. The van der Waals surface area contributed by atoms with Crippen molar-refractivity contribution in [2.24, 2.45) is 5.84 Å². The minimum atomic E-state index is -1.62. The summed E-state index contributed by atoms with van der Waals surface area (Å²) in [6, 6.07) is 2.45. The maximum absolute atomic E-state index is 10.6. The van der Waals surface area contributed by atoms with Crippen molar-refractivity contribution in [1.82, 2.24) is 0 Å². The zero-order valence-electron chi connectivity index (χ0n) is 8.14. The Hall–Kier alpha value is -2.75. The standard InChI is InChI=1S/C7H6N4O6/c8-9(7(12)13)5-2-1-4(10(14)15)3-6(5)11(16)17/h1-3H,8H2,(H,12,13). The van der Waals surface area contributed by atoms with Crippen LogP contribution < -0.4 is 10.9 Å². The van der Waals surface area contributed by atoms with Gasteiger partial charge in [0.05, 0.1) is 15.9 Å². The number of nitrogens with two attached hydrogens (primary N) is 1. The molecule has 0 aliphatic rings. The van der Waals surface area contributed by atoms with Crippen LogP contribution in [-0.2, 0) is 0 Å². The Kier molecular flexibility index (Phi) is 3.19. The van der Waals surface area contributed by atoms with Gasteiger partial charge >= 0.3 is 11.8 Å². The lowest BCUT2D eigenvalue weighted by Crippen LogP contribution is -2.36. The van der Waals surface area contributed by atoms with Gasteiger partial charge in [-0.3, -0.25) is 20.2 Å². The Labute approximate surface area is 93.1 Å². The summed E-state index contributed by atoms with van der Waals surface area (Å²) in [5.41, 5.74) is -1.74. The number of carboxylic acid groups (broad SMARTS) is 1. The van der Waals surface area contributed by atoms with E-state index in [9.17, 15) is 25.0 Å². The highest BCUT2D eigenvalue weighted by atomic mass is 16.6. The van der Waals surface area contributed by atoms with Crippen LogP contribution in [-0.4, -0.2) is 21.0 Å². The predicted octanol–water partition coefficient (Wildman–Crippen LogP) is 0.861. The maximum atomic E-state index is 10.6. The van der Waals surface area contributed by atoms with E-state index in [4.69, 9.17) is 10.9 Å². The van der Waals surface area contributed by atoms with Gasteiger partial charge in [-0.1, -0.05) is 0 Å². The second-order valence-corrected chi connectivity index (χ2v) is 2.84. The van der Waals surface area contributed by atoms with Gasteiger partial charge in [-0.25, -0.2) is 15.6 Å². The van der Waals surface area contributed by atoms with Crippen molar-refractivity contribution in [3.05, 3.63) is 38.4 Å². The van der Waals surface area contributed by atoms with Gasteiger partial charge in [-0.15, -0.1) is 0 Å². The largest absolute Gasteiger partial charge is 0.464 e. The third kappa shape index (κ3) is 2.43. The number of benzene rings is 1. The zero-order chi connectivity index (χ0) is 13.2. The fourth-order valence-corrected chi connectivity index (χ4v) is 1.08. The number of carbonyl (C=O) groups is 1. The molecule has 0 heterocycles. The Bertz CT molecular complexity index is 501. The first-order valence-corrected chi connectivity index (χ1v) is 4.05. The van der Waals surface area contributed by atoms with Gasteiger partial charge in [0, 0.05) is 6.07 Å². The number of nitrogens with zero attached hydrogens (tertiary/aromatic N) is 3. The summed E-state index contributed by atoms with van der Waals surface area (Å²) in [6.45, 7) is 0. The van der Waals surface area contributed by atoms with E-state index >= 15 is 0 Å². The van der Waals surface area contributed by atoms with E-state index in [2.05, 4.69) is 0 Å². The van der Waals surface area contributed by atoms with Gasteiger partial charge in [-0.05, 0) is 6.07 Å².